The molecule has 1 aromatic heterocycles. The van der Waals surface area contributed by atoms with Gasteiger partial charge in [0.05, 0.1) is 17.1 Å². The third-order valence-corrected chi connectivity index (χ3v) is 2.83. The maximum Gasteiger partial charge on any atom is 0.143 e. The molecule has 96 valence electrons. The Hall–Kier alpha value is -1.97. The van der Waals surface area contributed by atoms with E-state index < -0.39 is 0 Å². The Balaban J connectivity index is 2.13. The summed E-state index contributed by atoms with van der Waals surface area (Å²) in [7, 11) is 0. The molecule has 1 aromatic carbocycles. The average Bonchev–Trinajstić information content (AvgIpc) is 2.71. The van der Waals surface area contributed by atoms with Gasteiger partial charge in [-0.25, -0.2) is 0 Å². The zero-order chi connectivity index (χ0) is 13.1. The van der Waals surface area contributed by atoms with Crippen LogP contribution in [-0.4, -0.2) is 9.78 Å². The Bertz CT molecular complexity index is 546. The highest BCUT2D eigenvalue weighted by Crippen LogP contribution is 2.23. The summed E-state index contributed by atoms with van der Waals surface area (Å²) in [5.74, 6) is 0.733. The van der Waals surface area contributed by atoms with E-state index in [-0.39, 0.29) is 0 Å². The number of aryl methyl sites for hydroxylation is 3. The number of ether oxygens (including phenoxy) is 1. The second-order valence-corrected chi connectivity index (χ2v) is 4.42. The van der Waals surface area contributed by atoms with Crippen molar-refractivity contribution in [3.63, 3.8) is 0 Å². The molecule has 0 aliphatic heterocycles. The molecule has 0 fully saturated rings. The van der Waals surface area contributed by atoms with Gasteiger partial charge in [-0.1, -0.05) is 6.07 Å². The first-order valence-corrected chi connectivity index (χ1v) is 6.12. The highest BCUT2D eigenvalue weighted by Gasteiger charge is 2.06. The summed E-state index contributed by atoms with van der Waals surface area (Å²) in [4.78, 5) is 0. The molecule has 0 atom stereocenters. The monoisotopic (exact) mass is 245 g/mol. The molecule has 0 bridgehead atoms. The van der Waals surface area contributed by atoms with E-state index in [1.807, 2.05) is 42.8 Å². The summed E-state index contributed by atoms with van der Waals surface area (Å²) in [5, 5.41) is 4.39. The summed E-state index contributed by atoms with van der Waals surface area (Å²) in [6.45, 7) is 7.40. The first-order chi connectivity index (χ1) is 8.60. The van der Waals surface area contributed by atoms with Crippen molar-refractivity contribution in [2.45, 2.75) is 33.9 Å². The lowest BCUT2D eigenvalue weighted by molar-refractivity contribution is 0.294. The lowest BCUT2D eigenvalue weighted by Gasteiger charge is -2.10. The van der Waals surface area contributed by atoms with E-state index in [2.05, 4.69) is 12.0 Å². The molecule has 2 rings (SSSR count). The smallest absolute Gasteiger partial charge is 0.143 e. The quantitative estimate of drug-likeness (QED) is 0.842. The number of aromatic nitrogens is 2. The van der Waals surface area contributed by atoms with Crippen molar-refractivity contribution < 1.29 is 4.74 Å². The maximum absolute atomic E-state index is 5.88. The second kappa shape index (κ2) is 5.12. The molecule has 0 saturated heterocycles. The van der Waals surface area contributed by atoms with Gasteiger partial charge in [0.25, 0.3) is 0 Å². The molecule has 2 aromatic rings. The Morgan fingerprint density at radius 3 is 2.78 bits per heavy atom. The number of nitrogens with zero attached hydrogens (tertiary/aromatic N) is 2. The van der Waals surface area contributed by atoms with Gasteiger partial charge in [-0.3, -0.25) is 4.68 Å². The molecule has 0 amide bonds. The van der Waals surface area contributed by atoms with Crippen LogP contribution in [0.5, 0.6) is 5.75 Å². The van der Waals surface area contributed by atoms with Crippen LogP contribution >= 0.6 is 0 Å². The Morgan fingerprint density at radius 1 is 1.28 bits per heavy atom. The summed E-state index contributed by atoms with van der Waals surface area (Å²) in [6.07, 6.45) is 0. The minimum absolute atomic E-state index is 0.488. The molecule has 0 aliphatic carbocycles. The van der Waals surface area contributed by atoms with Crippen molar-refractivity contribution in [2.24, 2.45) is 0 Å². The lowest BCUT2D eigenvalue weighted by atomic mass is 10.2. The van der Waals surface area contributed by atoms with Crippen LogP contribution in [0.25, 0.3) is 0 Å². The van der Waals surface area contributed by atoms with Crippen LogP contribution < -0.4 is 10.5 Å². The van der Waals surface area contributed by atoms with Crippen molar-refractivity contribution in [1.29, 1.82) is 0 Å². The average molecular weight is 245 g/mol. The standard InChI is InChI=1S/C14H19N3O/c1-4-17-12(8-11(3)16-17)9-18-14-7-10(2)5-6-13(14)15/h5-8H,4,9,15H2,1-3H3. The largest absolute Gasteiger partial charge is 0.485 e. The molecule has 0 aliphatic rings. The Labute approximate surface area is 107 Å². The molecule has 0 unspecified atom stereocenters. The third-order valence-electron chi connectivity index (χ3n) is 2.83. The van der Waals surface area contributed by atoms with Gasteiger partial charge in [0.1, 0.15) is 12.4 Å². The van der Waals surface area contributed by atoms with Crippen molar-refractivity contribution in [2.75, 3.05) is 5.73 Å². The Morgan fingerprint density at radius 2 is 2.06 bits per heavy atom. The summed E-state index contributed by atoms with van der Waals surface area (Å²) in [6, 6.07) is 7.83. The van der Waals surface area contributed by atoms with E-state index in [9.17, 15) is 0 Å². The Kier molecular flexibility index (Phi) is 3.55. The number of nitrogen functional groups attached to an aromatic ring is 1. The number of anilines is 1. The number of rotatable bonds is 4. The highest BCUT2D eigenvalue weighted by atomic mass is 16.5. The van der Waals surface area contributed by atoms with Crippen LogP contribution in [0.2, 0.25) is 0 Å². The van der Waals surface area contributed by atoms with Crippen LogP contribution in [0.3, 0.4) is 0 Å². The van der Waals surface area contributed by atoms with Gasteiger partial charge in [-0.15, -0.1) is 0 Å². The zero-order valence-electron chi connectivity index (χ0n) is 11.1. The van der Waals surface area contributed by atoms with E-state index in [4.69, 9.17) is 10.5 Å². The van der Waals surface area contributed by atoms with Gasteiger partial charge in [-0.05, 0) is 44.5 Å². The first-order valence-electron chi connectivity index (χ1n) is 6.12. The molecule has 4 heteroatoms. The molecule has 0 radical (unpaired) electrons. The predicted molar refractivity (Wildman–Crippen MR) is 72.6 cm³/mol. The third kappa shape index (κ3) is 2.64. The summed E-state index contributed by atoms with van der Waals surface area (Å²) < 4.78 is 7.72. The van der Waals surface area contributed by atoms with E-state index in [1.165, 1.54) is 0 Å². The first kappa shape index (κ1) is 12.5. The SMILES string of the molecule is CCn1nc(C)cc1COc1cc(C)ccc1N. The molecule has 18 heavy (non-hydrogen) atoms. The topological polar surface area (TPSA) is 53.1 Å². The van der Waals surface area contributed by atoms with Crippen LogP contribution in [0.4, 0.5) is 5.69 Å². The minimum Gasteiger partial charge on any atom is -0.485 e. The van der Waals surface area contributed by atoms with E-state index in [0.717, 1.165) is 29.2 Å². The van der Waals surface area contributed by atoms with E-state index in [0.29, 0.717) is 12.3 Å². The molecule has 1 heterocycles. The van der Waals surface area contributed by atoms with Gasteiger partial charge in [-0.2, -0.15) is 5.10 Å². The number of benzene rings is 1. The minimum atomic E-state index is 0.488. The van der Waals surface area contributed by atoms with E-state index in [1.54, 1.807) is 0 Å². The molecule has 0 saturated carbocycles. The highest BCUT2D eigenvalue weighted by molar-refractivity contribution is 5.53. The van der Waals surface area contributed by atoms with Crippen LogP contribution in [0.1, 0.15) is 23.9 Å². The van der Waals surface area contributed by atoms with Crippen molar-refractivity contribution in [1.82, 2.24) is 9.78 Å². The lowest BCUT2D eigenvalue weighted by Crippen LogP contribution is -2.07. The number of hydrogen-bond acceptors (Lipinski definition) is 3. The van der Waals surface area contributed by atoms with Gasteiger partial charge in [0, 0.05) is 6.54 Å². The molecular formula is C14H19N3O. The fourth-order valence-corrected chi connectivity index (χ4v) is 1.91. The molecule has 0 spiro atoms. The summed E-state index contributed by atoms with van der Waals surface area (Å²) >= 11 is 0. The second-order valence-electron chi connectivity index (χ2n) is 4.42. The van der Waals surface area contributed by atoms with Gasteiger partial charge >= 0.3 is 0 Å². The number of nitrogens with two attached hydrogens (primary N) is 1. The zero-order valence-corrected chi connectivity index (χ0v) is 11.1. The molecular weight excluding hydrogens is 226 g/mol. The maximum atomic E-state index is 5.88. The van der Waals surface area contributed by atoms with Crippen molar-refractivity contribution in [3.8, 4) is 5.75 Å². The fraction of sp³-hybridized carbons (Fsp3) is 0.357. The normalized spacial score (nSPS) is 10.6. The fourth-order valence-electron chi connectivity index (χ4n) is 1.91. The molecule has 4 nitrogen and oxygen atoms in total. The predicted octanol–water partition coefficient (Wildman–Crippen LogP) is 2.68. The van der Waals surface area contributed by atoms with Crippen LogP contribution in [0.15, 0.2) is 24.3 Å². The van der Waals surface area contributed by atoms with Gasteiger partial charge in [0.15, 0.2) is 0 Å². The number of hydrogen-bond donors (Lipinski definition) is 1. The van der Waals surface area contributed by atoms with Gasteiger partial charge in [0.2, 0.25) is 0 Å². The molecule has 2 N–H and O–H groups in total. The van der Waals surface area contributed by atoms with E-state index >= 15 is 0 Å². The van der Waals surface area contributed by atoms with Crippen molar-refractivity contribution >= 4 is 5.69 Å². The van der Waals surface area contributed by atoms with Gasteiger partial charge < -0.3 is 10.5 Å². The van der Waals surface area contributed by atoms with Crippen LogP contribution in [0, 0.1) is 13.8 Å². The summed E-state index contributed by atoms with van der Waals surface area (Å²) in [5.41, 5.74) is 9.76. The van der Waals surface area contributed by atoms with Crippen LogP contribution in [-0.2, 0) is 13.2 Å². The van der Waals surface area contributed by atoms with Crippen molar-refractivity contribution in [3.05, 3.63) is 41.2 Å².